The number of benzene rings is 1. The maximum absolute atomic E-state index is 9.16. The maximum atomic E-state index is 9.16. The molecule has 0 spiro atoms. The summed E-state index contributed by atoms with van der Waals surface area (Å²) in [6, 6.07) is 8.91. The molecule has 5 nitrogen and oxygen atoms in total. The van der Waals surface area contributed by atoms with Crippen molar-refractivity contribution in [3.63, 3.8) is 0 Å². The number of nitrogens with zero attached hydrogens (tertiary/aromatic N) is 3. The Labute approximate surface area is 124 Å². The van der Waals surface area contributed by atoms with E-state index >= 15 is 0 Å². The van der Waals surface area contributed by atoms with Gasteiger partial charge in [-0.1, -0.05) is 24.3 Å². The lowest BCUT2D eigenvalue weighted by Crippen LogP contribution is -2.29. The zero-order valence-electron chi connectivity index (χ0n) is 12.1. The molecule has 0 fully saturated rings. The molecular weight excluding hydrogens is 264 g/mol. The Hall–Kier alpha value is -1.98. The predicted molar refractivity (Wildman–Crippen MR) is 81.0 cm³/mol. The lowest BCUT2D eigenvalue weighted by molar-refractivity contribution is 0.245. The first kappa shape index (κ1) is 14.0. The molecule has 0 bridgehead atoms. The van der Waals surface area contributed by atoms with Crippen molar-refractivity contribution in [2.45, 2.75) is 25.4 Å². The van der Waals surface area contributed by atoms with Crippen LogP contribution in [0.1, 0.15) is 24.9 Å². The first-order valence-corrected chi connectivity index (χ1v) is 7.26. The smallest absolute Gasteiger partial charge is 0.138 e. The molecule has 2 N–H and O–H groups in total. The van der Waals surface area contributed by atoms with Crippen LogP contribution in [-0.2, 0) is 0 Å². The summed E-state index contributed by atoms with van der Waals surface area (Å²) in [6.07, 6.45) is 8.44. The van der Waals surface area contributed by atoms with E-state index in [-0.39, 0.29) is 12.6 Å². The van der Waals surface area contributed by atoms with Crippen molar-refractivity contribution < 1.29 is 5.11 Å². The molecule has 110 valence electrons. The van der Waals surface area contributed by atoms with Crippen LogP contribution in [0.5, 0.6) is 0 Å². The number of hydrogen-bond acceptors (Lipinski definition) is 4. The molecule has 0 amide bonds. The van der Waals surface area contributed by atoms with E-state index in [4.69, 9.17) is 5.11 Å². The maximum Gasteiger partial charge on any atom is 0.138 e. The minimum absolute atomic E-state index is 0.232. The molecule has 1 heterocycles. The highest BCUT2D eigenvalue weighted by Crippen LogP contribution is 2.21. The minimum atomic E-state index is 0.232. The number of aliphatic hydroxyl groups is 1. The zero-order valence-corrected chi connectivity index (χ0v) is 12.1. The van der Waals surface area contributed by atoms with Crippen LogP contribution in [-0.4, -0.2) is 32.5 Å². The SMILES string of the molecule is C[C@@H](N[C@@H]1C=C[C@H](CO)C1)c1ccc(-n2cncn2)cc1. The van der Waals surface area contributed by atoms with Crippen molar-refractivity contribution in [1.82, 2.24) is 20.1 Å². The summed E-state index contributed by atoms with van der Waals surface area (Å²) in [6.45, 7) is 2.39. The third-order valence-electron chi connectivity index (χ3n) is 3.95. The van der Waals surface area contributed by atoms with Crippen molar-refractivity contribution in [2.24, 2.45) is 5.92 Å². The summed E-state index contributed by atoms with van der Waals surface area (Å²) in [4.78, 5) is 3.95. The summed E-state index contributed by atoms with van der Waals surface area (Å²) in [5.74, 6) is 0.296. The van der Waals surface area contributed by atoms with Gasteiger partial charge in [0.25, 0.3) is 0 Å². The fourth-order valence-corrected chi connectivity index (χ4v) is 2.71. The van der Waals surface area contributed by atoms with Crippen molar-refractivity contribution >= 4 is 0 Å². The van der Waals surface area contributed by atoms with E-state index in [2.05, 4.69) is 46.6 Å². The molecule has 3 rings (SSSR count). The Bertz CT molecular complexity index is 591. The number of hydrogen-bond donors (Lipinski definition) is 2. The Balaban J connectivity index is 1.63. The third-order valence-corrected chi connectivity index (χ3v) is 3.95. The van der Waals surface area contributed by atoms with Crippen molar-refractivity contribution in [3.05, 3.63) is 54.6 Å². The zero-order chi connectivity index (χ0) is 14.7. The largest absolute Gasteiger partial charge is 0.396 e. The number of nitrogens with one attached hydrogen (secondary N) is 1. The number of rotatable bonds is 5. The van der Waals surface area contributed by atoms with Crippen molar-refractivity contribution in [2.75, 3.05) is 6.61 Å². The topological polar surface area (TPSA) is 63.0 Å². The quantitative estimate of drug-likeness (QED) is 0.823. The minimum Gasteiger partial charge on any atom is -0.396 e. The fourth-order valence-electron chi connectivity index (χ4n) is 2.71. The van der Waals surface area contributed by atoms with E-state index in [0.717, 1.165) is 12.1 Å². The summed E-state index contributed by atoms with van der Waals surface area (Å²) >= 11 is 0. The fraction of sp³-hybridized carbons (Fsp3) is 0.375. The summed E-state index contributed by atoms with van der Waals surface area (Å²) in [5.41, 5.74) is 2.24. The van der Waals surface area contributed by atoms with E-state index < -0.39 is 0 Å². The standard InChI is InChI=1S/C16H20N4O/c1-12(19-15-5-2-13(8-15)9-21)14-3-6-16(7-4-14)20-11-17-10-18-20/h2-7,10-13,15,19,21H,8-9H2,1H3/t12-,13+,15-/m1/s1. The van der Waals surface area contributed by atoms with Gasteiger partial charge in [0.2, 0.25) is 0 Å². The molecule has 0 radical (unpaired) electrons. The van der Waals surface area contributed by atoms with Gasteiger partial charge in [0, 0.05) is 24.6 Å². The van der Waals surface area contributed by atoms with E-state index in [9.17, 15) is 0 Å². The average molecular weight is 284 g/mol. The summed E-state index contributed by atoms with van der Waals surface area (Å²) in [7, 11) is 0. The summed E-state index contributed by atoms with van der Waals surface area (Å²) < 4.78 is 1.74. The molecule has 1 aliphatic carbocycles. The highest BCUT2D eigenvalue weighted by atomic mass is 16.3. The number of aliphatic hydroxyl groups excluding tert-OH is 1. The lowest BCUT2D eigenvalue weighted by atomic mass is 10.1. The van der Waals surface area contributed by atoms with Crippen LogP contribution in [0.3, 0.4) is 0 Å². The van der Waals surface area contributed by atoms with Gasteiger partial charge in [-0.15, -0.1) is 0 Å². The van der Waals surface area contributed by atoms with Crippen LogP contribution in [0, 0.1) is 5.92 Å². The Morgan fingerprint density at radius 1 is 1.33 bits per heavy atom. The second-order valence-electron chi connectivity index (χ2n) is 5.49. The molecule has 5 heteroatoms. The van der Waals surface area contributed by atoms with Gasteiger partial charge in [-0.05, 0) is 31.0 Å². The molecular formula is C16H20N4O. The van der Waals surface area contributed by atoms with E-state index in [1.54, 1.807) is 11.0 Å². The van der Waals surface area contributed by atoms with E-state index in [1.165, 1.54) is 11.9 Å². The second kappa shape index (κ2) is 6.20. The molecule has 0 aliphatic heterocycles. The molecule has 0 saturated heterocycles. The predicted octanol–water partition coefficient (Wildman–Crippen LogP) is 1.85. The average Bonchev–Trinajstić information content (AvgIpc) is 3.19. The third kappa shape index (κ3) is 3.20. The molecule has 1 aromatic heterocycles. The molecule has 0 unspecified atom stereocenters. The van der Waals surface area contributed by atoms with E-state index in [1.807, 2.05) is 12.1 Å². The first-order valence-electron chi connectivity index (χ1n) is 7.26. The van der Waals surface area contributed by atoms with Gasteiger partial charge in [0.15, 0.2) is 0 Å². The van der Waals surface area contributed by atoms with Gasteiger partial charge in [-0.3, -0.25) is 0 Å². The Morgan fingerprint density at radius 2 is 2.14 bits per heavy atom. The van der Waals surface area contributed by atoms with Crippen LogP contribution in [0.4, 0.5) is 0 Å². The van der Waals surface area contributed by atoms with Crippen LogP contribution < -0.4 is 5.32 Å². The first-order chi connectivity index (χ1) is 10.3. The van der Waals surface area contributed by atoms with Gasteiger partial charge in [-0.25, -0.2) is 9.67 Å². The van der Waals surface area contributed by atoms with E-state index in [0.29, 0.717) is 12.0 Å². The molecule has 21 heavy (non-hydrogen) atoms. The van der Waals surface area contributed by atoms with Crippen molar-refractivity contribution in [3.8, 4) is 5.69 Å². The number of aromatic nitrogens is 3. The normalized spacial score (nSPS) is 22.6. The molecule has 1 aromatic carbocycles. The van der Waals surface area contributed by atoms with Gasteiger partial charge in [0.1, 0.15) is 12.7 Å². The van der Waals surface area contributed by atoms with Crippen molar-refractivity contribution in [1.29, 1.82) is 0 Å². The van der Waals surface area contributed by atoms with Gasteiger partial charge >= 0.3 is 0 Å². The van der Waals surface area contributed by atoms with Crippen LogP contribution >= 0.6 is 0 Å². The molecule has 1 aliphatic rings. The monoisotopic (exact) mass is 284 g/mol. The molecule has 3 atom stereocenters. The summed E-state index contributed by atoms with van der Waals surface area (Å²) in [5, 5.41) is 16.9. The second-order valence-corrected chi connectivity index (χ2v) is 5.49. The molecule has 0 saturated carbocycles. The van der Waals surface area contributed by atoms with Gasteiger partial charge in [-0.2, -0.15) is 5.10 Å². The Morgan fingerprint density at radius 3 is 2.76 bits per heavy atom. The Kier molecular flexibility index (Phi) is 4.13. The van der Waals surface area contributed by atoms with Crippen LogP contribution in [0.15, 0.2) is 49.1 Å². The lowest BCUT2D eigenvalue weighted by Gasteiger charge is -2.20. The van der Waals surface area contributed by atoms with Crippen LogP contribution in [0.2, 0.25) is 0 Å². The highest BCUT2D eigenvalue weighted by molar-refractivity contribution is 5.34. The van der Waals surface area contributed by atoms with Gasteiger partial charge in [0.05, 0.1) is 5.69 Å². The molecule has 2 aromatic rings. The van der Waals surface area contributed by atoms with Crippen LogP contribution in [0.25, 0.3) is 5.69 Å². The van der Waals surface area contributed by atoms with Gasteiger partial charge < -0.3 is 10.4 Å². The highest BCUT2D eigenvalue weighted by Gasteiger charge is 2.19.